The number of nitrogens with zero attached hydrogens (tertiary/aromatic N) is 2. The summed E-state index contributed by atoms with van der Waals surface area (Å²) in [4.78, 5) is 4.18. The van der Waals surface area contributed by atoms with Gasteiger partial charge in [-0.05, 0) is 35.9 Å². The van der Waals surface area contributed by atoms with E-state index >= 15 is 0 Å². The zero-order valence-corrected chi connectivity index (χ0v) is 9.58. The van der Waals surface area contributed by atoms with Gasteiger partial charge < -0.3 is 0 Å². The summed E-state index contributed by atoms with van der Waals surface area (Å²) >= 11 is 5.83. The van der Waals surface area contributed by atoms with E-state index in [1.807, 2.05) is 0 Å². The average Bonchev–Trinajstić information content (AvgIpc) is 2.33. The summed E-state index contributed by atoms with van der Waals surface area (Å²) in [5.74, 6) is -0.308. The van der Waals surface area contributed by atoms with Crippen molar-refractivity contribution in [2.75, 3.05) is 0 Å². The number of rotatable bonds is 2. The molecule has 84 valence electrons. The van der Waals surface area contributed by atoms with Crippen LogP contribution in [0.2, 0.25) is 5.15 Å². The van der Waals surface area contributed by atoms with Crippen LogP contribution in [0.15, 0.2) is 36.4 Å². The van der Waals surface area contributed by atoms with E-state index in [1.165, 1.54) is 12.1 Å². The first-order valence-corrected chi connectivity index (χ1v) is 5.37. The van der Waals surface area contributed by atoms with Gasteiger partial charge in [0.05, 0.1) is 18.2 Å². The maximum atomic E-state index is 12.8. The molecule has 2 aromatic rings. The second-order valence-electron chi connectivity index (χ2n) is 3.48. The molecule has 0 bridgehead atoms. The smallest absolute Gasteiger partial charge is 0.129 e. The SMILES string of the molecule is N#CCc1ccc(Cl)nc1-c1ccc(F)cc1. The second-order valence-corrected chi connectivity index (χ2v) is 3.87. The Kier molecular flexibility index (Phi) is 3.36. The van der Waals surface area contributed by atoms with Crippen LogP contribution in [0, 0.1) is 17.1 Å². The van der Waals surface area contributed by atoms with E-state index in [0.717, 1.165) is 11.1 Å². The number of benzene rings is 1. The molecule has 17 heavy (non-hydrogen) atoms. The number of nitriles is 1. The van der Waals surface area contributed by atoms with Crippen molar-refractivity contribution in [3.63, 3.8) is 0 Å². The molecule has 0 aliphatic carbocycles. The zero-order chi connectivity index (χ0) is 12.3. The minimum absolute atomic E-state index is 0.247. The lowest BCUT2D eigenvalue weighted by molar-refractivity contribution is 0.628. The molecule has 0 saturated carbocycles. The molecule has 2 rings (SSSR count). The Bertz CT molecular complexity index is 573. The minimum atomic E-state index is -0.308. The molecule has 0 radical (unpaired) electrons. The molecule has 0 aliphatic rings. The first-order chi connectivity index (χ1) is 8.20. The summed E-state index contributed by atoms with van der Waals surface area (Å²) < 4.78 is 12.8. The first-order valence-electron chi connectivity index (χ1n) is 4.99. The lowest BCUT2D eigenvalue weighted by atomic mass is 10.0. The van der Waals surface area contributed by atoms with Gasteiger partial charge in [0.2, 0.25) is 0 Å². The summed E-state index contributed by atoms with van der Waals surface area (Å²) in [7, 11) is 0. The van der Waals surface area contributed by atoms with Gasteiger partial charge in [-0.1, -0.05) is 17.7 Å². The highest BCUT2D eigenvalue weighted by atomic mass is 35.5. The number of aromatic nitrogens is 1. The molecule has 1 aromatic heterocycles. The second kappa shape index (κ2) is 4.94. The van der Waals surface area contributed by atoms with E-state index in [2.05, 4.69) is 11.1 Å². The highest BCUT2D eigenvalue weighted by molar-refractivity contribution is 6.29. The van der Waals surface area contributed by atoms with Crippen LogP contribution in [-0.4, -0.2) is 4.98 Å². The summed E-state index contributed by atoms with van der Waals surface area (Å²) in [6.45, 7) is 0. The van der Waals surface area contributed by atoms with Crippen LogP contribution in [0.3, 0.4) is 0 Å². The Balaban J connectivity index is 2.53. The Morgan fingerprint density at radius 3 is 2.53 bits per heavy atom. The molecule has 0 spiro atoms. The van der Waals surface area contributed by atoms with Crippen molar-refractivity contribution < 1.29 is 4.39 Å². The molecule has 0 amide bonds. The monoisotopic (exact) mass is 246 g/mol. The van der Waals surface area contributed by atoms with Crippen LogP contribution >= 0.6 is 11.6 Å². The lowest BCUT2D eigenvalue weighted by Crippen LogP contribution is -1.93. The van der Waals surface area contributed by atoms with Crippen LogP contribution in [0.5, 0.6) is 0 Å². The molecule has 0 saturated heterocycles. The van der Waals surface area contributed by atoms with Gasteiger partial charge in [0.1, 0.15) is 11.0 Å². The molecule has 0 N–H and O–H groups in total. The number of pyridine rings is 1. The molecule has 0 atom stereocenters. The third-order valence-electron chi connectivity index (χ3n) is 2.33. The molecule has 0 fully saturated rings. The normalized spacial score (nSPS) is 9.94. The van der Waals surface area contributed by atoms with E-state index in [4.69, 9.17) is 16.9 Å². The third-order valence-corrected chi connectivity index (χ3v) is 2.54. The van der Waals surface area contributed by atoms with Gasteiger partial charge in [-0.3, -0.25) is 0 Å². The molecule has 0 aliphatic heterocycles. The molecule has 0 unspecified atom stereocenters. The molecule has 2 nitrogen and oxygen atoms in total. The summed E-state index contributed by atoms with van der Waals surface area (Å²) in [5, 5.41) is 9.09. The van der Waals surface area contributed by atoms with Gasteiger partial charge in [-0.15, -0.1) is 0 Å². The van der Waals surface area contributed by atoms with Crippen molar-refractivity contribution in [2.45, 2.75) is 6.42 Å². The summed E-state index contributed by atoms with van der Waals surface area (Å²) in [6.07, 6.45) is 0.247. The Morgan fingerprint density at radius 1 is 1.18 bits per heavy atom. The number of hydrogen-bond acceptors (Lipinski definition) is 2. The largest absolute Gasteiger partial charge is 0.236 e. The predicted molar refractivity (Wildman–Crippen MR) is 64.0 cm³/mol. The van der Waals surface area contributed by atoms with E-state index in [-0.39, 0.29) is 12.2 Å². The van der Waals surface area contributed by atoms with Crippen molar-refractivity contribution in [2.24, 2.45) is 0 Å². The quantitative estimate of drug-likeness (QED) is 0.759. The van der Waals surface area contributed by atoms with Gasteiger partial charge >= 0.3 is 0 Å². The fourth-order valence-corrected chi connectivity index (χ4v) is 1.70. The van der Waals surface area contributed by atoms with Crippen LogP contribution in [-0.2, 0) is 6.42 Å². The minimum Gasteiger partial charge on any atom is -0.236 e. The Labute approximate surface area is 103 Å². The van der Waals surface area contributed by atoms with Gasteiger partial charge in [0.15, 0.2) is 0 Å². The van der Waals surface area contributed by atoms with E-state index in [9.17, 15) is 4.39 Å². The van der Waals surface area contributed by atoms with Crippen molar-refractivity contribution in [3.05, 3.63) is 52.9 Å². The topological polar surface area (TPSA) is 36.7 Å². The van der Waals surface area contributed by atoms with Gasteiger partial charge in [-0.2, -0.15) is 5.26 Å². The maximum Gasteiger partial charge on any atom is 0.129 e. The van der Waals surface area contributed by atoms with Crippen molar-refractivity contribution in [1.82, 2.24) is 4.98 Å². The van der Waals surface area contributed by atoms with Crippen LogP contribution < -0.4 is 0 Å². The standard InChI is InChI=1S/C13H8ClFN2/c14-12-6-3-10(7-8-16)13(17-12)9-1-4-11(15)5-2-9/h1-6H,7H2. The highest BCUT2D eigenvalue weighted by Crippen LogP contribution is 2.24. The molecular formula is C13H8ClFN2. The zero-order valence-electron chi connectivity index (χ0n) is 8.82. The fraction of sp³-hybridized carbons (Fsp3) is 0.0769. The highest BCUT2D eigenvalue weighted by Gasteiger charge is 2.07. The maximum absolute atomic E-state index is 12.8. The van der Waals surface area contributed by atoms with Gasteiger partial charge in [0, 0.05) is 5.56 Å². The lowest BCUT2D eigenvalue weighted by Gasteiger charge is -2.06. The van der Waals surface area contributed by atoms with Crippen LogP contribution in [0.4, 0.5) is 4.39 Å². The van der Waals surface area contributed by atoms with Crippen molar-refractivity contribution >= 4 is 11.6 Å². The van der Waals surface area contributed by atoms with E-state index in [0.29, 0.717) is 10.8 Å². The van der Waals surface area contributed by atoms with E-state index in [1.54, 1.807) is 24.3 Å². The van der Waals surface area contributed by atoms with Gasteiger partial charge in [-0.25, -0.2) is 9.37 Å². The summed E-state index contributed by atoms with van der Waals surface area (Å²) in [5.41, 5.74) is 2.15. The molecule has 4 heteroatoms. The van der Waals surface area contributed by atoms with Crippen LogP contribution in [0.25, 0.3) is 11.3 Å². The Hall–Kier alpha value is -1.92. The van der Waals surface area contributed by atoms with Crippen LogP contribution in [0.1, 0.15) is 5.56 Å². The molecule has 1 aromatic carbocycles. The number of halogens is 2. The summed E-state index contributed by atoms with van der Waals surface area (Å²) in [6, 6.07) is 11.4. The van der Waals surface area contributed by atoms with Crippen molar-refractivity contribution in [3.8, 4) is 17.3 Å². The molecular weight excluding hydrogens is 239 g/mol. The fourth-order valence-electron chi connectivity index (χ4n) is 1.55. The van der Waals surface area contributed by atoms with Crippen molar-refractivity contribution in [1.29, 1.82) is 5.26 Å². The average molecular weight is 247 g/mol. The van der Waals surface area contributed by atoms with Gasteiger partial charge in [0.25, 0.3) is 0 Å². The third kappa shape index (κ3) is 2.61. The molecule has 1 heterocycles. The van der Waals surface area contributed by atoms with E-state index < -0.39 is 0 Å². The Morgan fingerprint density at radius 2 is 1.88 bits per heavy atom. The first kappa shape index (κ1) is 11.6. The predicted octanol–water partition coefficient (Wildman–Crippen LogP) is 3.61. The number of hydrogen-bond donors (Lipinski definition) is 0.